The van der Waals surface area contributed by atoms with Gasteiger partial charge in [-0.05, 0) is 85.6 Å². The van der Waals surface area contributed by atoms with E-state index in [1.54, 1.807) is 0 Å². The molecule has 0 radical (unpaired) electrons. The third-order valence-corrected chi connectivity index (χ3v) is 12.1. The summed E-state index contributed by atoms with van der Waals surface area (Å²) in [4.78, 5) is 15.9. The molecule has 11 rings (SSSR count). The van der Waals surface area contributed by atoms with E-state index in [9.17, 15) is 0 Å². The fourth-order valence-corrected chi connectivity index (χ4v) is 9.11. The van der Waals surface area contributed by atoms with E-state index in [1.165, 1.54) is 44.2 Å². The van der Waals surface area contributed by atoms with Gasteiger partial charge in [0.1, 0.15) is 0 Å². The summed E-state index contributed by atoms with van der Waals surface area (Å²) in [5, 5.41) is 3.50. The second kappa shape index (κ2) is 13.9. The molecule has 3 heteroatoms. The summed E-state index contributed by atoms with van der Waals surface area (Å²) >= 11 is 0. The largest absolute Gasteiger partial charge is 0.248 e. The molecule has 0 spiro atoms. The van der Waals surface area contributed by atoms with Crippen molar-refractivity contribution < 1.29 is 0 Å². The Morgan fingerprint density at radius 3 is 1.56 bits per heavy atom. The lowest BCUT2D eigenvalue weighted by Gasteiger charge is -2.22. The summed E-state index contributed by atoms with van der Waals surface area (Å²) in [6.45, 7) is 4.67. The topological polar surface area (TPSA) is 38.7 Å². The highest BCUT2D eigenvalue weighted by Gasteiger charge is 2.36. The van der Waals surface area contributed by atoms with Crippen LogP contribution in [0, 0.1) is 0 Å². The van der Waals surface area contributed by atoms with Gasteiger partial charge >= 0.3 is 0 Å². The van der Waals surface area contributed by atoms with Crippen LogP contribution in [0.4, 0.5) is 0 Å². The van der Waals surface area contributed by atoms with Crippen LogP contribution in [-0.2, 0) is 5.41 Å². The smallest absolute Gasteiger partial charge is 0.160 e. The first-order chi connectivity index (χ1) is 29.0. The molecule has 0 amide bonds. The maximum absolute atomic E-state index is 5.54. The molecule has 0 aliphatic heterocycles. The highest BCUT2D eigenvalue weighted by atomic mass is 14.9. The Labute approximate surface area is 344 Å². The second-order valence-electron chi connectivity index (χ2n) is 16.0. The molecule has 8 aromatic carbocycles. The third kappa shape index (κ3) is 5.94. The molecule has 59 heavy (non-hydrogen) atoms. The van der Waals surface area contributed by atoms with Gasteiger partial charge in [0.2, 0.25) is 0 Å². The quantitative estimate of drug-likeness (QED) is 0.170. The number of aromatic nitrogens is 3. The number of fused-ring (bicyclic) bond motifs is 5. The molecular weight excluding hydrogens is 715 g/mol. The molecule has 0 atom stereocenters. The lowest BCUT2D eigenvalue weighted by atomic mass is 9.82. The molecule has 0 bridgehead atoms. The first kappa shape index (κ1) is 34.7. The van der Waals surface area contributed by atoms with Gasteiger partial charge in [-0.1, -0.05) is 184 Å². The number of rotatable bonds is 6. The van der Waals surface area contributed by atoms with Gasteiger partial charge in [-0.3, -0.25) is 0 Å². The van der Waals surface area contributed by atoms with E-state index < -0.39 is 0 Å². The third-order valence-electron chi connectivity index (χ3n) is 12.1. The number of hydrogen-bond acceptors (Lipinski definition) is 3. The maximum atomic E-state index is 5.54. The summed E-state index contributed by atoms with van der Waals surface area (Å²) in [5.74, 6) is 0.685. The summed E-state index contributed by atoms with van der Waals surface area (Å²) < 4.78 is 0. The fourth-order valence-electron chi connectivity index (χ4n) is 9.11. The van der Waals surface area contributed by atoms with Crippen molar-refractivity contribution in [3.05, 3.63) is 211 Å². The molecule has 0 N–H and O–H groups in total. The first-order valence-electron chi connectivity index (χ1n) is 20.3. The van der Waals surface area contributed by atoms with E-state index in [-0.39, 0.29) is 5.41 Å². The van der Waals surface area contributed by atoms with Crippen LogP contribution in [0.3, 0.4) is 0 Å². The van der Waals surface area contributed by atoms with Crippen molar-refractivity contribution in [3.63, 3.8) is 0 Å². The number of benzene rings is 8. The zero-order valence-electron chi connectivity index (χ0n) is 32.9. The van der Waals surface area contributed by atoms with Crippen LogP contribution < -0.4 is 0 Å². The lowest BCUT2D eigenvalue weighted by Crippen LogP contribution is -2.14. The van der Waals surface area contributed by atoms with E-state index >= 15 is 0 Å². The van der Waals surface area contributed by atoms with Crippen molar-refractivity contribution in [2.24, 2.45) is 0 Å². The lowest BCUT2D eigenvalue weighted by molar-refractivity contribution is 0.661. The number of nitrogens with zero attached hydrogens (tertiary/aromatic N) is 3. The normalized spacial score (nSPS) is 12.7. The average Bonchev–Trinajstić information content (AvgIpc) is 3.53. The molecule has 278 valence electrons. The van der Waals surface area contributed by atoms with Gasteiger partial charge in [0.25, 0.3) is 0 Å². The van der Waals surface area contributed by atoms with Gasteiger partial charge in [0.15, 0.2) is 5.82 Å². The molecule has 0 unspecified atom stereocenters. The fraction of sp³-hybridized carbons (Fsp3) is 0.0536. The Kier molecular flexibility index (Phi) is 8.16. The highest BCUT2D eigenvalue weighted by molar-refractivity contribution is 6.07. The summed E-state index contributed by atoms with van der Waals surface area (Å²) in [6.07, 6.45) is 0. The zero-order chi connectivity index (χ0) is 39.5. The van der Waals surface area contributed by atoms with Crippen molar-refractivity contribution in [3.8, 4) is 78.5 Å². The molecule has 3 nitrogen and oxygen atoms in total. The Morgan fingerprint density at radius 2 is 0.864 bits per heavy atom. The molecule has 0 saturated heterocycles. The monoisotopic (exact) mass is 753 g/mol. The molecule has 0 saturated carbocycles. The summed E-state index contributed by atoms with van der Waals surface area (Å²) in [7, 11) is 0. The van der Waals surface area contributed by atoms with Crippen LogP contribution in [0.1, 0.15) is 25.0 Å². The Morgan fingerprint density at radius 1 is 0.305 bits per heavy atom. The molecule has 10 aromatic rings. The predicted octanol–water partition coefficient (Wildman–Crippen LogP) is 14.5. The minimum absolute atomic E-state index is 0.153. The minimum atomic E-state index is -0.153. The maximum Gasteiger partial charge on any atom is 0.160 e. The molecule has 1 aliphatic carbocycles. The van der Waals surface area contributed by atoms with Crippen LogP contribution in [-0.4, -0.2) is 15.0 Å². The highest BCUT2D eigenvalue weighted by Crippen LogP contribution is 2.51. The molecule has 0 fully saturated rings. The van der Waals surface area contributed by atoms with Crippen molar-refractivity contribution in [2.75, 3.05) is 0 Å². The van der Waals surface area contributed by atoms with E-state index in [2.05, 4.69) is 202 Å². The van der Waals surface area contributed by atoms with Gasteiger partial charge < -0.3 is 0 Å². The summed E-state index contributed by atoms with van der Waals surface area (Å²) in [6, 6.07) is 71.3. The Hall–Kier alpha value is -7.49. The van der Waals surface area contributed by atoms with E-state index in [1.807, 2.05) is 12.1 Å². The van der Waals surface area contributed by atoms with Crippen molar-refractivity contribution in [1.82, 2.24) is 15.0 Å². The van der Waals surface area contributed by atoms with Gasteiger partial charge in [-0.15, -0.1) is 0 Å². The zero-order valence-corrected chi connectivity index (χ0v) is 32.9. The van der Waals surface area contributed by atoms with Crippen LogP contribution in [0.5, 0.6) is 0 Å². The van der Waals surface area contributed by atoms with Crippen molar-refractivity contribution in [2.45, 2.75) is 19.3 Å². The van der Waals surface area contributed by atoms with Gasteiger partial charge in [0.05, 0.1) is 22.6 Å². The number of hydrogen-bond donors (Lipinski definition) is 0. The second-order valence-corrected chi connectivity index (χ2v) is 16.0. The van der Waals surface area contributed by atoms with Gasteiger partial charge in [0, 0.05) is 33.1 Å². The molecular formula is C56H39N3. The van der Waals surface area contributed by atoms with Gasteiger partial charge in [-0.2, -0.15) is 0 Å². The number of pyridine rings is 1. The standard InChI is InChI=1S/C56H39N3/c1-56(2)49-28-15-14-27-44(49)47-32-48-46(33-53(57-54(48)34-50(47)56)45-30-29-41(36-17-6-3-7-18-36)42-25-12-13-26-43(42)45)39-23-16-24-40(31-39)55-58-51(37-19-8-4-9-20-37)35-52(59-55)38-21-10-5-11-22-38/h3-35H,1-2H3. The van der Waals surface area contributed by atoms with Crippen LogP contribution in [0.2, 0.25) is 0 Å². The first-order valence-corrected chi connectivity index (χ1v) is 20.3. The Bertz CT molecular complexity index is 3170. The Balaban J connectivity index is 1.14. The van der Waals surface area contributed by atoms with E-state index in [0.29, 0.717) is 5.82 Å². The van der Waals surface area contributed by atoms with Gasteiger partial charge in [-0.25, -0.2) is 15.0 Å². The molecule has 2 heterocycles. The van der Waals surface area contributed by atoms with Crippen LogP contribution in [0.15, 0.2) is 200 Å². The van der Waals surface area contributed by atoms with Crippen LogP contribution >= 0.6 is 0 Å². The molecule has 1 aliphatic rings. The molecule has 2 aromatic heterocycles. The van der Waals surface area contributed by atoms with Crippen molar-refractivity contribution in [1.29, 1.82) is 0 Å². The van der Waals surface area contributed by atoms with E-state index in [0.717, 1.165) is 61.4 Å². The SMILES string of the molecule is CC1(C)c2ccccc2-c2cc3c(-c4cccc(-c5nc(-c6ccccc6)cc(-c6ccccc6)n5)c4)cc(-c4ccc(-c5ccccc5)c5ccccc45)nc3cc21. The van der Waals surface area contributed by atoms with Crippen molar-refractivity contribution >= 4 is 21.7 Å². The minimum Gasteiger partial charge on any atom is -0.248 e. The van der Waals surface area contributed by atoms with Crippen LogP contribution in [0.25, 0.3) is 100 Å². The summed E-state index contributed by atoms with van der Waals surface area (Å²) in [5.41, 5.74) is 17.5. The van der Waals surface area contributed by atoms with E-state index in [4.69, 9.17) is 15.0 Å². The average molecular weight is 754 g/mol. The predicted molar refractivity (Wildman–Crippen MR) is 245 cm³/mol.